The molecule has 11 N–H and O–H groups in total. The third-order valence-electron chi connectivity index (χ3n) is 21.5. The number of aromatic nitrogens is 2. The number of nitro benzene ring substituents is 1. The van der Waals surface area contributed by atoms with Gasteiger partial charge in [-0.2, -0.15) is 0 Å². The first kappa shape index (κ1) is 95.5. The number of aliphatic hydroxyl groups is 4. The van der Waals surface area contributed by atoms with Gasteiger partial charge in [0.25, 0.3) is 5.56 Å². The summed E-state index contributed by atoms with van der Waals surface area (Å²) in [4.78, 5) is 251. The molecule has 1 unspecified atom stereocenters. The number of likely N-dealkylation sites (N-methyl/N-ethyl adjacent to an activating group) is 10. The first-order valence-corrected chi connectivity index (χ1v) is 38.2. The van der Waals surface area contributed by atoms with E-state index in [2.05, 4.69) is 10.6 Å². The molecule has 1 aliphatic carbocycles. The van der Waals surface area contributed by atoms with Crippen molar-refractivity contribution in [1.82, 2.24) is 74.1 Å². The van der Waals surface area contributed by atoms with Gasteiger partial charge in [0.15, 0.2) is 17.5 Å². The van der Waals surface area contributed by atoms with Crippen LogP contribution in [0.4, 0.5) is 14.9 Å². The van der Waals surface area contributed by atoms with Crippen molar-refractivity contribution in [3.05, 3.63) is 95.6 Å². The van der Waals surface area contributed by atoms with E-state index in [0.29, 0.717) is 22.1 Å². The molecule has 0 spiro atoms. The van der Waals surface area contributed by atoms with Gasteiger partial charge in [-0.05, 0) is 55.0 Å². The summed E-state index contributed by atoms with van der Waals surface area (Å²) >= 11 is 0. The van der Waals surface area contributed by atoms with E-state index in [9.17, 15) is 117 Å². The number of amides is 14. The SMILES string of the molecule is CC[C@]1(O)C(=O)OCc2c1cc1n(c2=O)Cc2c-1nc1cc(F)c(C)c3c1c2[C@H](NC(=O)OC(CNC(=O)CCN(CC(=O)N(C)CC(=O)N(C)CC(=O)N(C)CC(=O)N(C)CC(=O)N(C)CC(=O)N(C)CC(=O)N(C)CC(=O)N(C)CC(=O)N(C)CC(=O)N(C)CC(N)=O)C(=O)CN)c1ccc(O[C@@H]2O[C@H](C(=O)O)[C@@H](O)[C@H](O)[C@H]2O)c([N+](=O)[O-])c1)CC3. The third kappa shape index (κ3) is 22.2. The van der Waals surface area contributed by atoms with Crippen molar-refractivity contribution >= 4 is 111 Å². The first-order chi connectivity index (χ1) is 57.6. The predicted octanol–water partition coefficient (Wildman–Crippen LogP) is -6.48. The van der Waals surface area contributed by atoms with E-state index < -0.39 is 269 Å². The van der Waals surface area contributed by atoms with Crippen LogP contribution in [0.3, 0.4) is 0 Å². The fourth-order valence-corrected chi connectivity index (χ4v) is 13.7. The molecule has 14 amide bonds. The van der Waals surface area contributed by atoms with Crippen LogP contribution in [0.2, 0.25) is 0 Å². The van der Waals surface area contributed by atoms with Crippen molar-refractivity contribution in [2.75, 3.05) is 162 Å². The van der Waals surface area contributed by atoms with Crippen LogP contribution in [0.1, 0.15) is 77.3 Å². The molecule has 46 nitrogen and oxygen atoms in total. The number of carbonyl (C=O) groups excluding carboxylic acids is 15. The highest BCUT2D eigenvalue weighted by molar-refractivity contribution is 5.97. The lowest BCUT2D eigenvalue weighted by molar-refractivity contribution is -0.387. The van der Waals surface area contributed by atoms with Crippen molar-refractivity contribution in [1.29, 1.82) is 0 Å². The molecule has 1 fully saturated rings. The van der Waals surface area contributed by atoms with Gasteiger partial charge in [-0.25, -0.2) is 23.8 Å². The summed E-state index contributed by atoms with van der Waals surface area (Å²) in [6.45, 7) is -5.64. The molecule has 8 rings (SSSR count). The number of carbonyl (C=O) groups is 16. The molecule has 2 aromatic carbocycles. The largest absolute Gasteiger partial charge is 0.479 e. The number of primary amides is 1. The summed E-state index contributed by atoms with van der Waals surface area (Å²) in [6, 6.07) is 4.44. The van der Waals surface area contributed by atoms with Gasteiger partial charge < -0.3 is 125 Å². The van der Waals surface area contributed by atoms with Crippen molar-refractivity contribution in [2.24, 2.45) is 11.5 Å². The molecule has 8 atom stereocenters. The van der Waals surface area contributed by atoms with E-state index in [1.54, 1.807) is 6.92 Å². The van der Waals surface area contributed by atoms with Gasteiger partial charge in [-0.3, -0.25) is 77.2 Å². The quantitative estimate of drug-likeness (QED) is 0.0102. The van der Waals surface area contributed by atoms with Gasteiger partial charge in [0.05, 0.1) is 125 Å². The van der Waals surface area contributed by atoms with E-state index in [1.165, 1.54) is 94.1 Å². The smallest absolute Gasteiger partial charge is 0.408 e. The first-order valence-electron chi connectivity index (χ1n) is 38.2. The van der Waals surface area contributed by atoms with Crippen LogP contribution >= 0.6 is 0 Å². The Hall–Kier alpha value is -13.0. The van der Waals surface area contributed by atoms with Gasteiger partial charge >= 0.3 is 23.7 Å². The number of hydrogen-bond acceptors (Lipinski definition) is 29. The Balaban J connectivity index is 0.863. The number of pyridine rings is 2. The van der Waals surface area contributed by atoms with Crippen LogP contribution in [0, 0.1) is 22.9 Å². The van der Waals surface area contributed by atoms with Gasteiger partial charge in [0.2, 0.25) is 83.1 Å². The van der Waals surface area contributed by atoms with Crippen LogP contribution in [-0.2, 0) is 111 Å². The summed E-state index contributed by atoms with van der Waals surface area (Å²) < 4.78 is 39.1. The van der Waals surface area contributed by atoms with E-state index in [-0.39, 0.29) is 71.5 Å². The zero-order valence-corrected chi connectivity index (χ0v) is 69.5. The van der Waals surface area contributed by atoms with Crippen molar-refractivity contribution in [3.63, 3.8) is 0 Å². The van der Waals surface area contributed by atoms with Gasteiger partial charge in [-0.15, -0.1) is 0 Å². The normalized spacial score (nSPS) is 18.0. The minimum atomic E-state index is -2.21. The van der Waals surface area contributed by atoms with Crippen LogP contribution in [0.5, 0.6) is 5.75 Å². The average Bonchev–Trinajstić information content (AvgIpc) is 1.57. The minimum Gasteiger partial charge on any atom is -0.479 e. The Morgan fingerprint density at radius 2 is 1.14 bits per heavy atom. The standard InChI is InChI=1S/C76H99FN18O28/c1-13-76(117)43-21-48-66-41(25-94(48)71(112)42(43)37-120-74(76)115)65-45(16-15-40-38(2)44(77)22-46(81-66)64(40)65)82-75(116)122-50(39-14-17-49(47(20-39)95(118)119)121-73-69(111)67(109)68(110)70(123-73)72(113)114)24-80-52(97)18-19-93(53(98)23-78)36-63(108)92(12)35-62(107)91(11)34-61(106)90(10)33-60(105)89(9)32-59(104)88(8)31-58(103)87(7)30-57(102)86(6)29-56(101)85(5)28-55(100)84(4)27-54(99)83(3)26-51(79)96/h14,17,20-22,45,50,67-70,73,109-111,117H,13,15-16,18-19,23-37,78H2,1-12H3,(H2,79,96)(H,80,97)(H,82,116)(H,113,114)/t45-,50?,67+,68+,69-,70+,73-,76-/m1/s1. The molecule has 0 saturated carbocycles. The Labute approximate surface area is 700 Å². The molecule has 4 aromatic rings. The molecule has 0 bridgehead atoms. The number of carboxylic acids is 1. The van der Waals surface area contributed by atoms with Crippen molar-refractivity contribution in [2.45, 2.75) is 101 Å². The van der Waals surface area contributed by atoms with Gasteiger partial charge in [-0.1, -0.05) is 13.0 Å². The number of carboxylic acid groups (broad SMARTS) is 1. The van der Waals surface area contributed by atoms with E-state index in [4.69, 9.17) is 35.4 Å². The molecule has 5 heterocycles. The average molecular weight is 1730 g/mol. The van der Waals surface area contributed by atoms with Crippen molar-refractivity contribution < 1.29 is 131 Å². The van der Waals surface area contributed by atoms with Crippen LogP contribution in [0.25, 0.3) is 22.3 Å². The highest BCUT2D eigenvalue weighted by atomic mass is 19.1. The number of esters is 1. The second-order valence-corrected chi connectivity index (χ2v) is 30.3. The predicted molar refractivity (Wildman–Crippen MR) is 420 cm³/mol. The fraction of sp³-hybridized carbons (Fsp3) is 0.526. The summed E-state index contributed by atoms with van der Waals surface area (Å²) in [5.41, 5.74) is 8.77. The van der Waals surface area contributed by atoms with Crippen LogP contribution < -0.4 is 32.4 Å². The zero-order valence-electron chi connectivity index (χ0n) is 69.5. The second kappa shape index (κ2) is 40.1. The molecular weight excluding hydrogens is 1630 g/mol. The number of benzene rings is 2. The lowest BCUT2D eigenvalue weighted by atomic mass is 9.81. The highest BCUT2D eigenvalue weighted by Gasteiger charge is 2.50. The topological polar surface area (TPSA) is 601 Å². The van der Waals surface area contributed by atoms with Crippen LogP contribution in [0.15, 0.2) is 35.1 Å². The minimum absolute atomic E-state index is 0.00227. The molecule has 1 saturated heterocycles. The zero-order chi connectivity index (χ0) is 91.6. The number of nitrogens with two attached hydrogens (primary N) is 2. The Kier molecular flexibility index (Phi) is 31.2. The summed E-state index contributed by atoms with van der Waals surface area (Å²) in [5.74, 6) is -13.9. The third-order valence-corrected chi connectivity index (χ3v) is 21.5. The lowest BCUT2D eigenvalue weighted by Gasteiger charge is -2.38. The lowest BCUT2D eigenvalue weighted by Crippen LogP contribution is -2.61. The molecule has 668 valence electrons. The van der Waals surface area contributed by atoms with E-state index >= 15 is 4.39 Å². The molecule has 123 heavy (non-hydrogen) atoms. The number of ether oxygens (including phenoxy) is 4. The summed E-state index contributed by atoms with van der Waals surface area (Å²) in [5, 5.41) is 71.3. The molecule has 0 radical (unpaired) electrons. The number of aliphatic hydroxyl groups excluding tert-OH is 3. The maximum Gasteiger partial charge on any atom is 0.408 e. The second-order valence-electron chi connectivity index (χ2n) is 30.3. The number of hydrogen-bond donors (Lipinski definition) is 9. The molecule has 3 aliphatic heterocycles. The highest BCUT2D eigenvalue weighted by Crippen LogP contribution is 2.46. The number of aryl methyl sites for hydroxylation is 1. The van der Waals surface area contributed by atoms with E-state index in [0.717, 1.165) is 72.1 Å². The number of aliphatic carboxylic acids is 1. The van der Waals surface area contributed by atoms with E-state index in [1.807, 2.05) is 0 Å². The molecule has 4 aliphatic rings. The van der Waals surface area contributed by atoms with Crippen molar-refractivity contribution in [3.8, 4) is 17.1 Å². The number of alkyl carbamates (subject to hydrolysis) is 1. The number of nitrogens with zero attached hydrogens (tertiary/aromatic N) is 14. The Morgan fingerprint density at radius 3 is 1.59 bits per heavy atom. The molecular formula is C76H99FN18O28. The van der Waals surface area contributed by atoms with Gasteiger partial charge in [0, 0.05) is 118 Å². The summed E-state index contributed by atoms with van der Waals surface area (Å²) in [7, 11) is 12.6. The number of nitro groups is 1. The number of fused-ring (bicyclic) bond motifs is 5. The number of nitrogens with one attached hydrogen (secondary N) is 2. The maximum absolute atomic E-state index is 15.8. The van der Waals surface area contributed by atoms with Crippen LogP contribution in [-0.4, -0.2) is 382 Å². The van der Waals surface area contributed by atoms with Gasteiger partial charge in [0.1, 0.15) is 36.8 Å². The Bertz CT molecular complexity index is 4970. The number of rotatable bonds is 36. The molecule has 2 aromatic heterocycles. The number of cyclic esters (lactones) is 1. The maximum atomic E-state index is 15.8. The fourth-order valence-electron chi connectivity index (χ4n) is 13.7. The molecule has 47 heteroatoms. The monoisotopic (exact) mass is 1730 g/mol. The number of halogens is 1. The summed E-state index contributed by atoms with van der Waals surface area (Å²) in [6.07, 6.45) is -14.4. The Morgan fingerprint density at radius 1 is 0.667 bits per heavy atom.